The first kappa shape index (κ1) is 45.5. The minimum Gasteiger partial charge on any atom is -0.465 e. The van der Waals surface area contributed by atoms with E-state index in [-0.39, 0.29) is 42.2 Å². The van der Waals surface area contributed by atoms with Gasteiger partial charge in [-0.3, -0.25) is 0 Å². The van der Waals surface area contributed by atoms with Gasteiger partial charge in [0.15, 0.2) is 0 Å². The van der Waals surface area contributed by atoms with Gasteiger partial charge in [-0.1, -0.05) is 48.9 Å². The van der Waals surface area contributed by atoms with Crippen molar-refractivity contribution in [3.63, 3.8) is 0 Å². The summed E-state index contributed by atoms with van der Waals surface area (Å²) in [4.78, 5) is 24.4. The second kappa shape index (κ2) is 26.3. The number of carboxylic acid groups (broad SMARTS) is 1. The van der Waals surface area contributed by atoms with Crippen molar-refractivity contribution in [2.75, 3.05) is 65.5 Å². The Hall–Kier alpha value is -3.51. The van der Waals surface area contributed by atoms with Gasteiger partial charge in [0, 0.05) is 71.7 Å². The summed E-state index contributed by atoms with van der Waals surface area (Å²) in [7, 11) is -3.02. The number of benzene rings is 2. The molecule has 3 heterocycles. The molecule has 16 heteroatoms. The number of urea groups is 1. The van der Waals surface area contributed by atoms with Crippen LogP contribution in [-0.4, -0.2) is 107 Å². The SMILES string of the molecule is C1CCOC1.CC(CCN(CC1CNC(=O)NC1)NS(=O)(=O)c1ccc(CO)cc1N)NC(=O)O.CC1CCOCC1.CO.Cc1ccccc1. The lowest BCUT2D eigenvalue weighted by molar-refractivity contribution is 0.0716. The summed E-state index contributed by atoms with van der Waals surface area (Å²) in [5.41, 5.74) is 7.66. The fourth-order valence-corrected chi connectivity index (χ4v) is 6.10. The maximum Gasteiger partial charge on any atom is 0.404 e. The zero-order chi connectivity index (χ0) is 38.1. The van der Waals surface area contributed by atoms with E-state index in [1.54, 1.807) is 6.92 Å². The Kier molecular flexibility index (Phi) is 23.5. The van der Waals surface area contributed by atoms with Crippen molar-refractivity contribution >= 4 is 27.8 Å². The lowest BCUT2D eigenvalue weighted by atomic mass is 10.0. The van der Waals surface area contributed by atoms with Crippen LogP contribution in [0.2, 0.25) is 0 Å². The number of ether oxygens (including phenoxy) is 2. The molecule has 51 heavy (non-hydrogen) atoms. The van der Waals surface area contributed by atoms with Gasteiger partial charge in [-0.2, -0.15) is 0 Å². The quantitative estimate of drug-likeness (QED) is 0.131. The number of amides is 3. The number of nitrogens with zero attached hydrogens (tertiary/aromatic N) is 1. The summed E-state index contributed by atoms with van der Waals surface area (Å²) in [5, 5.41) is 34.1. The molecular weight excluding hydrogens is 680 g/mol. The van der Waals surface area contributed by atoms with Crippen LogP contribution in [0, 0.1) is 18.8 Å². The first-order chi connectivity index (χ1) is 24.4. The maximum absolute atomic E-state index is 12.9. The van der Waals surface area contributed by atoms with Crippen LogP contribution >= 0.6 is 0 Å². The van der Waals surface area contributed by atoms with Crippen LogP contribution in [-0.2, 0) is 26.1 Å². The molecule has 290 valence electrons. The predicted molar refractivity (Wildman–Crippen MR) is 197 cm³/mol. The smallest absolute Gasteiger partial charge is 0.404 e. The molecule has 0 bridgehead atoms. The van der Waals surface area contributed by atoms with Crippen molar-refractivity contribution in [1.82, 2.24) is 25.8 Å². The van der Waals surface area contributed by atoms with E-state index in [9.17, 15) is 23.1 Å². The van der Waals surface area contributed by atoms with Crippen molar-refractivity contribution in [3.05, 3.63) is 59.7 Å². The van der Waals surface area contributed by atoms with Crippen molar-refractivity contribution in [2.24, 2.45) is 11.8 Å². The van der Waals surface area contributed by atoms with Gasteiger partial charge in [-0.05, 0) is 69.6 Å². The molecule has 3 amide bonds. The van der Waals surface area contributed by atoms with Gasteiger partial charge in [-0.15, -0.1) is 4.83 Å². The molecule has 0 saturated carbocycles. The van der Waals surface area contributed by atoms with Gasteiger partial charge in [0.1, 0.15) is 4.90 Å². The molecule has 0 aromatic heterocycles. The minimum absolute atomic E-state index is 0.00140. The van der Waals surface area contributed by atoms with Crippen LogP contribution in [0.5, 0.6) is 0 Å². The van der Waals surface area contributed by atoms with Gasteiger partial charge in [0.2, 0.25) is 0 Å². The molecule has 0 spiro atoms. The number of anilines is 1. The Morgan fingerprint density at radius 2 is 1.61 bits per heavy atom. The molecule has 1 atom stereocenters. The van der Waals surface area contributed by atoms with Crippen molar-refractivity contribution < 1.29 is 42.8 Å². The van der Waals surface area contributed by atoms with E-state index in [0.717, 1.165) is 39.5 Å². The third-order valence-corrected chi connectivity index (χ3v) is 9.31. The average molecular weight is 741 g/mol. The van der Waals surface area contributed by atoms with Gasteiger partial charge in [0.25, 0.3) is 10.0 Å². The zero-order valence-electron chi connectivity index (χ0n) is 30.5. The second-order valence-electron chi connectivity index (χ2n) is 12.4. The molecule has 0 aliphatic carbocycles. The van der Waals surface area contributed by atoms with Gasteiger partial charge in [-0.25, -0.2) is 23.0 Å². The molecule has 2 aromatic rings. The molecule has 5 rings (SSSR count). The van der Waals surface area contributed by atoms with Crippen molar-refractivity contribution in [3.8, 4) is 0 Å². The monoisotopic (exact) mass is 740 g/mol. The first-order valence-electron chi connectivity index (χ1n) is 17.3. The molecule has 2 aromatic carbocycles. The maximum atomic E-state index is 12.9. The number of sulfonamides is 1. The van der Waals surface area contributed by atoms with Gasteiger partial charge < -0.3 is 46.5 Å². The predicted octanol–water partition coefficient (Wildman–Crippen LogP) is 3.06. The van der Waals surface area contributed by atoms with E-state index in [4.69, 9.17) is 25.4 Å². The number of rotatable bonds is 10. The average Bonchev–Trinajstić information content (AvgIpc) is 3.71. The number of aliphatic hydroxyl groups excluding tert-OH is 2. The normalized spacial score (nSPS) is 16.6. The molecule has 1 unspecified atom stereocenters. The van der Waals surface area contributed by atoms with E-state index >= 15 is 0 Å². The fourth-order valence-electron chi connectivity index (χ4n) is 4.88. The highest BCUT2D eigenvalue weighted by Gasteiger charge is 2.26. The van der Waals surface area contributed by atoms with Crippen LogP contribution < -0.4 is 26.5 Å². The molecule has 3 fully saturated rings. The molecule has 9 N–H and O–H groups in total. The Labute approximate surface area is 303 Å². The summed E-state index contributed by atoms with van der Waals surface area (Å²) >= 11 is 0. The van der Waals surface area contributed by atoms with Crippen LogP contribution in [0.25, 0.3) is 0 Å². The Morgan fingerprint density at radius 1 is 1.02 bits per heavy atom. The number of hydrogen-bond acceptors (Lipinski definition) is 10. The molecule has 0 radical (unpaired) electrons. The molecule has 3 aliphatic rings. The summed E-state index contributed by atoms with van der Waals surface area (Å²) in [6, 6.07) is 13.8. The van der Waals surface area contributed by atoms with Crippen LogP contribution in [0.4, 0.5) is 15.3 Å². The molecular formula is C35H60N6O9S. The largest absolute Gasteiger partial charge is 0.465 e. The number of nitrogens with one attached hydrogen (secondary N) is 4. The standard InChI is InChI=1S/C17H28N6O6S.C7H8.C6H12O.C4H8O.CH4O/c1-11(21-17(26)27)4-5-23(9-13-7-19-16(25)20-8-13)22-30(28,29)15-3-2-12(10-24)6-14(15)18;1-7-5-3-2-4-6-7;1-6-2-4-7-5-3-6;1-2-4-5-3-1;1-2/h2-3,6,11,13,21-22,24H,4-5,7-10,18H2,1H3,(H,26,27)(H2,19,20,25);2-6H,1H3;6H,2-5H2,1H3;1-4H2;2H,1H3. The number of hydrazine groups is 1. The van der Waals surface area contributed by atoms with Crippen molar-refractivity contribution in [1.29, 1.82) is 0 Å². The summed E-state index contributed by atoms with van der Waals surface area (Å²) in [5.74, 6) is 0.844. The third-order valence-electron chi connectivity index (χ3n) is 7.86. The van der Waals surface area contributed by atoms with Crippen LogP contribution in [0.3, 0.4) is 0 Å². The first-order valence-corrected chi connectivity index (χ1v) is 18.8. The molecule has 3 saturated heterocycles. The van der Waals surface area contributed by atoms with Crippen molar-refractivity contribution in [2.45, 2.75) is 70.4 Å². The lowest BCUT2D eigenvalue weighted by Gasteiger charge is -2.31. The van der Waals surface area contributed by atoms with E-state index in [2.05, 4.69) is 46.8 Å². The number of aryl methyl sites for hydroxylation is 1. The van der Waals surface area contributed by atoms with E-state index in [1.807, 2.05) is 18.2 Å². The number of nitrogen functional groups attached to an aromatic ring is 1. The highest BCUT2D eigenvalue weighted by Crippen LogP contribution is 2.20. The topological polar surface area (TPSA) is 225 Å². The van der Waals surface area contributed by atoms with Crippen LogP contribution in [0.15, 0.2) is 53.4 Å². The number of nitrogens with two attached hydrogens (primary N) is 1. The Morgan fingerprint density at radius 3 is 2.04 bits per heavy atom. The van der Waals surface area contributed by atoms with E-state index in [1.165, 1.54) is 54.5 Å². The Balaban J connectivity index is 0.000000490. The fraction of sp³-hybridized carbons (Fsp3) is 0.600. The van der Waals surface area contributed by atoms with Crippen LogP contribution in [0.1, 0.15) is 57.1 Å². The minimum atomic E-state index is -4.02. The summed E-state index contributed by atoms with van der Waals surface area (Å²) in [6.07, 6.45) is 4.27. The summed E-state index contributed by atoms with van der Waals surface area (Å²) < 4.78 is 35.9. The number of hydrogen-bond donors (Lipinski definition) is 8. The number of carbonyl (C=O) groups is 2. The zero-order valence-corrected chi connectivity index (χ0v) is 31.3. The molecule has 15 nitrogen and oxygen atoms in total. The third kappa shape index (κ3) is 20.8. The van der Waals surface area contributed by atoms with Gasteiger partial charge in [0.05, 0.1) is 12.3 Å². The number of aliphatic hydroxyl groups is 2. The second-order valence-corrected chi connectivity index (χ2v) is 14.1. The summed E-state index contributed by atoms with van der Waals surface area (Å²) in [6.45, 7) is 11.0. The highest BCUT2D eigenvalue weighted by molar-refractivity contribution is 7.89. The Bertz CT molecular complexity index is 1330. The number of carbonyl (C=O) groups excluding carboxylic acids is 1. The molecule has 3 aliphatic heterocycles. The van der Waals surface area contributed by atoms with E-state index in [0.29, 0.717) is 25.1 Å². The lowest BCUT2D eigenvalue weighted by Crippen LogP contribution is -2.54. The highest BCUT2D eigenvalue weighted by atomic mass is 32.2. The van der Waals surface area contributed by atoms with E-state index < -0.39 is 22.2 Å². The van der Waals surface area contributed by atoms with Gasteiger partial charge >= 0.3 is 12.1 Å².